The number of fused-ring (bicyclic) bond motifs is 1. The maximum Gasteiger partial charge on any atom is 0.123 e. The van der Waals surface area contributed by atoms with E-state index in [1.165, 1.54) is 11.1 Å². The van der Waals surface area contributed by atoms with Crippen LogP contribution in [0.25, 0.3) is 0 Å². The SMILES string of the molecule is CN1CCC2(CC1)Cc1cc(CN[C@@H]3CCOC3)ccc1O2. The minimum Gasteiger partial charge on any atom is -0.487 e. The lowest BCUT2D eigenvalue weighted by atomic mass is 9.87. The van der Waals surface area contributed by atoms with E-state index >= 15 is 0 Å². The molecule has 0 aromatic heterocycles. The highest BCUT2D eigenvalue weighted by Gasteiger charge is 2.41. The van der Waals surface area contributed by atoms with Crippen molar-refractivity contribution in [3.05, 3.63) is 29.3 Å². The molecule has 4 heteroatoms. The topological polar surface area (TPSA) is 33.7 Å². The summed E-state index contributed by atoms with van der Waals surface area (Å²) in [6.07, 6.45) is 4.50. The molecule has 1 atom stereocenters. The number of benzene rings is 1. The van der Waals surface area contributed by atoms with Crippen LogP contribution in [0.2, 0.25) is 0 Å². The molecule has 0 saturated carbocycles. The van der Waals surface area contributed by atoms with Crippen molar-refractivity contribution in [3.8, 4) is 5.75 Å². The zero-order chi connectivity index (χ0) is 15.0. The first kappa shape index (κ1) is 14.5. The summed E-state index contributed by atoms with van der Waals surface area (Å²) in [6, 6.07) is 7.23. The monoisotopic (exact) mass is 302 g/mol. The molecular weight excluding hydrogens is 276 g/mol. The Morgan fingerprint density at radius 2 is 2.18 bits per heavy atom. The minimum atomic E-state index is 0.0696. The fraction of sp³-hybridized carbons (Fsp3) is 0.667. The summed E-state index contributed by atoms with van der Waals surface area (Å²) in [5, 5.41) is 3.59. The van der Waals surface area contributed by atoms with Crippen molar-refractivity contribution in [2.75, 3.05) is 33.4 Å². The second-order valence-electron chi connectivity index (χ2n) is 7.15. The van der Waals surface area contributed by atoms with E-state index in [-0.39, 0.29) is 5.60 Å². The summed E-state index contributed by atoms with van der Waals surface area (Å²) in [5.41, 5.74) is 2.82. The van der Waals surface area contributed by atoms with Crippen LogP contribution in [0.1, 0.15) is 30.4 Å². The highest BCUT2D eigenvalue weighted by Crippen LogP contribution is 2.41. The highest BCUT2D eigenvalue weighted by atomic mass is 16.5. The molecule has 22 heavy (non-hydrogen) atoms. The van der Waals surface area contributed by atoms with Crippen molar-refractivity contribution in [1.82, 2.24) is 10.2 Å². The predicted octanol–water partition coefficient (Wildman–Crippen LogP) is 1.96. The standard InChI is InChI=1S/C18H26N2O2/c1-20-7-5-18(6-8-20)11-15-10-14(2-3-17(15)22-18)12-19-16-4-9-21-13-16/h2-3,10,16,19H,4-9,11-13H2,1H3/t16-/m1/s1. The summed E-state index contributed by atoms with van der Waals surface area (Å²) in [6.45, 7) is 4.96. The number of nitrogens with zero attached hydrogens (tertiary/aromatic N) is 1. The summed E-state index contributed by atoms with van der Waals surface area (Å²) in [5.74, 6) is 1.11. The van der Waals surface area contributed by atoms with E-state index in [0.29, 0.717) is 6.04 Å². The molecule has 3 heterocycles. The van der Waals surface area contributed by atoms with E-state index in [1.807, 2.05) is 0 Å². The van der Waals surface area contributed by atoms with Gasteiger partial charge in [0.15, 0.2) is 0 Å². The molecule has 4 nitrogen and oxygen atoms in total. The Kier molecular flexibility index (Phi) is 3.84. The number of hydrogen-bond acceptors (Lipinski definition) is 4. The van der Waals surface area contributed by atoms with Crippen LogP contribution in [-0.4, -0.2) is 49.9 Å². The van der Waals surface area contributed by atoms with Crippen LogP contribution in [0.15, 0.2) is 18.2 Å². The van der Waals surface area contributed by atoms with E-state index in [1.54, 1.807) is 0 Å². The van der Waals surface area contributed by atoms with E-state index in [2.05, 4.69) is 35.5 Å². The zero-order valence-corrected chi connectivity index (χ0v) is 13.4. The highest BCUT2D eigenvalue weighted by molar-refractivity contribution is 5.42. The van der Waals surface area contributed by atoms with E-state index in [4.69, 9.17) is 9.47 Å². The fourth-order valence-corrected chi connectivity index (χ4v) is 3.86. The number of ether oxygens (including phenoxy) is 2. The molecule has 2 fully saturated rings. The molecule has 1 N–H and O–H groups in total. The van der Waals surface area contributed by atoms with Gasteiger partial charge in [-0.2, -0.15) is 0 Å². The summed E-state index contributed by atoms with van der Waals surface area (Å²) in [4.78, 5) is 2.40. The minimum absolute atomic E-state index is 0.0696. The lowest BCUT2D eigenvalue weighted by Crippen LogP contribution is -2.45. The lowest BCUT2D eigenvalue weighted by molar-refractivity contribution is 0.0271. The van der Waals surface area contributed by atoms with Crippen molar-refractivity contribution >= 4 is 0 Å². The van der Waals surface area contributed by atoms with Gasteiger partial charge in [-0.05, 0) is 30.7 Å². The molecule has 4 rings (SSSR count). The Morgan fingerprint density at radius 1 is 1.32 bits per heavy atom. The molecule has 3 aliphatic heterocycles. The number of piperidine rings is 1. The Hall–Kier alpha value is -1.10. The number of nitrogens with one attached hydrogen (secondary N) is 1. The maximum atomic E-state index is 6.35. The smallest absolute Gasteiger partial charge is 0.123 e. The van der Waals surface area contributed by atoms with Gasteiger partial charge >= 0.3 is 0 Å². The molecule has 0 amide bonds. The van der Waals surface area contributed by atoms with E-state index < -0.39 is 0 Å². The van der Waals surface area contributed by atoms with Gasteiger partial charge in [-0.25, -0.2) is 0 Å². The van der Waals surface area contributed by atoms with Crippen molar-refractivity contribution in [1.29, 1.82) is 0 Å². The van der Waals surface area contributed by atoms with Crippen molar-refractivity contribution in [2.45, 2.75) is 43.9 Å². The molecule has 120 valence electrons. The zero-order valence-electron chi connectivity index (χ0n) is 13.4. The molecule has 0 radical (unpaired) electrons. The molecule has 0 bridgehead atoms. The van der Waals surface area contributed by atoms with Gasteiger partial charge in [0.2, 0.25) is 0 Å². The molecule has 1 spiro atoms. The van der Waals surface area contributed by atoms with Crippen LogP contribution < -0.4 is 10.1 Å². The van der Waals surface area contributed by atoms with Gasteiger partial charge in [0.1, 0.15) is 11.4 Å². The largest absolute Gasteiger partial charge is 0.487 e. The number of rotatable bonds is 3. The van der Waals surface area contributed by atoms with Gasteiger partial charge in [0.25, 0.3) is 0 Å². The van der Waals surface area contributed by atoms with Crippen molar-refractivity contribution < 1.29 is 9.47 Å². The van der Waals surface area contributed by atoms with Crippen LogP contribution in [-0.2, 0) is 17.7 Å². The summed E-state index contributed by atoms with van der Waals surface area (Å²) < 4.78 is 11.8. The Bertz CT molecular complexity index is 532. The third-order valence-electron chi connectivity index (χ3n) is 5.39. The van der Waals surface area contributed by atoms with E-state index in [0.717, 1.165) is 64.3 Å². The van der Waals surface area contributed by atoms with Crippen LogP contribution in [0.4, 0.5) is 0 Å². The van der Waals surface area contributed by atoms with E-state index in [9.17, 15) is 0 Å². The average Bonchev–Trinajstić information content (AvgIpc) is 3.15. The molecule has 1 aromatic rings. The number of likely N-dealkylation sites (tertiary alicyclic amines) is 1. The number of hydrogen-bond donors (Lipinski definition) is 1. The van der Waals surface area contributed by atoms with Crippen LogP contribution in [0.5, 0.6) is 5.75 Å². The predicted molar refractivity (Wildman–Crippen MR) is 86.3 cm³/mol. The van der Waals surface area contributed by atoms with Crippen molar-refractivity contribution in [2.24, 2.45) is 0 Å². The normalized spacial score (nSPS) is 27.0. The molecule has 3 aliphatic rings. The fourth-order valence-electron chi connectivity index (χ4n) is 3.86. The summed E-state index contributed by atoms with van der Waals surface area (Å²) >= 11 is 0. The van der Waals surface area contributed by atoms with Gasteiger partial charge in [0.05, 0.1) is 6.61 Å². The van der Waals surface area contributed by atoms with Gasteiger partial charge < -0.3 is 19.7 Å². The van der Waals surface area contributed by atoms with Crippen LogP contribution >= 0.6 is 0 Å². The van der Waals surface area contributed by atoms with Gasteiger partial charge in [-0.3, -0.25) is 0 Å². The molecular formula is C18H26N2O2. The van der Waals surface area contributed by atoms with Crippen LogP contribution in [0.3, 0.4) is 0 Å². The van der Waals surface area contributed by atoms with Gasteiger partial charge in [0, 0.05) is 51.5 Å². The third kappa shape index (κ3) is 2.87. The Balaban J connectivity index is 1.41. The lowest BCUT2D eigenvalue weighted by Gasteiger charge is -2.37. The summed E-state index contributed by atoms with van der Waals surface area (Å²) in [7, 11) is 2.20. The first-order chi connectivity index (χ1) is 10.7. The molecule has 2 saturated heterocycles. The van der Waals surface area contributed by atoms with Gasteiger partial charge in [-0.1, -0.05) is 12.1 Å². The average molecular weight is 302 g/mol. The Labute approximate surface area is 132 Å². The molecule has 0 unspecified atom stereocenters. The van der Waals surface area contributed by atoms with Crippen molar-refractivity contribution in [3.63, 3.8) is 0 Å². The maximum absolute atomic E-state index is 6.35. The quantitative estimate of drug-likeness (QED) is 0.925. The van der Waals surface area contributed by atoms with Crippen LogP contribution in [0, 0.1) is 0 Å². The third-order valence-corrected chi connectivity index (χ3v) is 5.39. The second kappa shape index (κ2) is 5.84. The molecule has 1 aromatic carbocycles. The molecule has 0 aliphatic carbocycles. The Morgan fingerprint density at radius 3 is 2.95 bits per heavy atom. The first-order valence-corrected chi connectivity index (χ1v) is 8.53. The first-order valence-electron chi connectivity index (χ1n) is 8.53. The second-order valence-corrected chi connectivity index (χ2v) is 7.15. The van der Waals surface area contributed by atoms with Gasteiger partial charge in [-0.15, -0.1) is 0 Å².